The molecule has 1 aliphatic rings. The normalized spacial score (nSPS) is 13.6. The van der Waals surface area contributed by atoms with E-state index in [0.717, 1.165) is 53.9 Å². The molecule has 5 aromatic rings. The van der Waals surface area contributed by atoms with E-state index in [-0.39, 0.29) is 18.4 Å². The van der Waals surface area contributed by atoms with Crippen molar-refractivity contribution in [2.24, 2.45) is 7.05 Å². The van der Waals surface area contributed by atoms with E-state index in [2.05, 4.69) is 49.4 Å². The van der Waals surface area contributed by atoms with Crippen molar-refractivity contribution in [3.8, 4) is 21.7 Å². The second kappa shape index (κ2) is 10.6. The van der Waals surface area contributed by atoms with Gasteiger partial charge in [0.2, 0.25) is 0 Å². The topological polar surface area (TPSA) is 80.6 Å². The summed E-state index contributed by atoms with van der Waals surface area (Å²) in [5.74, 6) is 0.444. The zero-order chi connectivity index (χ0) is 28.8. The highest BCUT2D eigenvalue weighted by Crippen LogP contribution is 2.42. The zero-order valence-electron chi connectivity index (χ0n) is 24.0. The van der Waals surface area contributed by atoms with Gasteiger partial charge in [-0.1, -0.05) is 29.8 Å². The van der Waals surface area contributed by atoms with Crippen LogP contribution >= 0.6 is 11.3 Å². The third-order valence-corrected chi connectivity index (χ3v) is 8.93. The first-order valence-electron chi connectivity index (χ1n) is 14.0. The maximum atomic E-state index is 13.0. The van der Waals surface area contributed by atoms with Gasteiger partial charge in [0.25, 0.3) is 0 Å². The molecule has 41 heavy (non-hydrogen) atoms. The van der Waals surface area contributed by atoms with Gasteiger partial charge in [0.05, 0.1) is 28.8 Å². The number of likely N-dealkylation sites (N-methyl/N-ethyl adjacent to an activating group) is 1. The maximum Gasteiger partial charge on any atom is 0.325 e. The van der Waals surface area contributed by atoms with Crippen LogP contribution in [0.25, 0.3) is 42.8 Å². The van der Waals surface area contributed by atoms with Gasteiger partial charge in [-0.25, -0.2) is 9.78 Å². The predicted octanol–water partition coefficient (Wildman–Crippen LogP) is 6.50. The molecule has 1 saturated heterocycles. The number of aromatic nitrogens is 3. The van der Waals surface area contributed by atoms with Crippen LogP contribution in [0.2, 0.25) is 0 Å². The largest absolute Gasteiger partial charge is 0.466 e. The van der Waals surface area contributed by atoms with Gasteiger partial charge in [-0.3, -0.25) is 14.4 Å². The van der Waals surface area contributed by atoms with Crippen LogP contribution in [0.15, 0.2) is 48.5 Å². The first kappa shape index (κ1) is 27.0. The number of carbonyl (C=O) groups excluding carboxylic acids is 2. The number of hydrogen-bond acceptors (Lipinski definition) is 6. The van der Waals surface area contributed by atoms with Crippen molar-refractivity contribution in [3.63, 3.8) is 0 Å². The van der Waals surface area contributed by atoms with Gasteiger partial charge in [0.1, 0.15) is 5.01 Å². The fourth-order valence-corrected chi connectivity index (χ4v) is 6.76. The highest BCUT2D eigenvalue weighted by molar-refractivity contribution is 7.22. The molecule has 0 atom stereocenters. The molecule has 0 N–H and O–H groups in total. The van der Waals surface area contributed by atoms with Gasteiger partial charge < -0.3 is 9.64 Å². The summed E-state index contributed by atoms with van der Waals surface area (Å²) in [6.45, 7) is 10.3. The number of nitrogens with zero attached hydrogens (tertiary/aromatic N) is 5. The molecule has 0 unspecified atom stereocenters. The minimum absolute atomic E-state index is 0.00904. The van der Waals surface area contributed by atoms with Crippen LogP contribution in [0.1, 0.15) is 30.5 Å². The van der Waals surface area contributed by atoms with E-state index in [1.165, 1.54) is 5.56 Å². The SMILES string of the molecule is CCOC(=O)Cc1c(C)cc2nc(-c3ccc4c(c3)c(N3CCN(CC)C3=O)nn4C)sc2c1-c1ccc(C)cc1. The molecular formula is C32H33N5O3S. The fraction of sp³-hybridized carbons (Fsp3) is 0.312. The van der Waals surface area contributed by atoms with Crippen LogP contribution in [-0.2, 0) is 23.0 Å². The number of benzene rings is 3. The Balaban J connectivity index is 1.50. The summed E-state index contributed by atoms with van der Waals surface area (Å²) in [4.78, 5) is 34.3. The van der Waals surface area contributed by atoms with Crippen molar-refractivity contribution in [1.82, 2.24) is 19.7 Å². The number of anilines is 1. The Morgan fingerprint density at radius 3 is 2.49 bits per heavy atom. The number of fused-ring (bicyclic) bond motifs is 2. The summed E-state index contributed by atoms with van der Waals surface area (Å²) < 4.78 is 8.19. The molecular weight excluding hydrogens is 534 g/mol. The fourth-order valence-electron chi connectivity index (χ4n) is 5.62. The van der Waals surface area contributed by atoms with Crippen molar-refractivity contribution < 1.29 is 14.3 Å². The van der Waals surface area contributed by atoms with Gasteiger partial charge in [-0.15, -0.1) is 11.3 Å². The molecule has 3 heterocycles. The Hall–Kier alpha value is -4.24. The standard InChI is InChI=1S/C32H33N5O3S/c1-6-36-14-15-37(32(36)39)30-24-17-22(12-13-26(24)35(5)34-30)31-33-25-16-20(4)23(18-27(38)40-7-2)28(29(25)41-31)21-10-8-19(3)9-11-21/h8-13,16-17H,6-7,14-15,18H2,1-5H3. The molecule has 2 amide bonds. The smallest absolute Gasteiger partial charge is 0.325 e. The Morgan fingerprint density at radius 1 is 1.02 bits per heavy atom. The number of carbonyl (C=O) groups is 2. The molecule has 0 aliphatic carbocycles. The van der Waals surface area contributed by atoms with E-state index in [1.807, 2.05) is 43.5 Å². The molecule has 0 radical (unpaired) electrons. The van der Waals surface area contributed by atoms with Crippen LogP contribution < -0.4 is 4.90 Å². The van der Waals surface area contributed by atoms with Crippen LogP contribution in [0.4, 0.5) is 10.6 Å². The van der Waals surface area contributed by atoms with E-state index >= 15 is 0 Å². The highest BCUT2D eigenvalue weighted by atomic mass is 32.1. The van der Waals surface area contributed by atoms with Crippen molar-refractivity contribution in [3.05, 3.63) is 65.2 Å². The van der Waals surface area contributed by atoms with Crippen LogP contribution in [-0.4, -0.2) is 57.9 Å². The van der Waals surface area contributed by atoms with Crippen LogP contribution in [0, 0.1) is 13.8 Å². The number of amides is 2. The quantitative estimate of drug-likeness (QED) is 0.210. The number of ether oxygens (including phenoxy) is 1. The lowest BCUT2D eigenvalue weighted by atomic mass is 9.93. The van der Waals surface area contributed by atoms with Gasteiger partial charge in [0, 0.05) is 43.2 Å². The van der Waals surface area contributed by atoms with Crippen molar-refractivity contribution in [2.45, 2.75) is 34.1 Å². The number of esters is 1. The monoisotopic (exact) mass is 567 g/mol. The van der Waals surface area contributed by atoms with Gasteiger partial charge in [0.15, 0.2) is 5.82 Å². The van der Waals surface area contributed by atoms with Crippen LogP contribution in [0.3, 0.4) is 0 Å². The third-order valence-electron chi connectivity index (χ3n) is 7.79. The second-order valence-corrected chi connectivity index (χ2v) is 11.5. The van der Waals surface area contributed by atoms with Crippen molar-refractivity contribution in [2.75, 3.05) is 31.1 Å². The van der Waals surface area contributed by atoms with E-state index in [9.17, 15) is 9.59 Å². The van der Waals surface area contributed by atoms with Gasteiger partial charge >= 0.3 is 12.0 Å². The summed E-state index contributed by atoms with van der Waals surface area (Å²) in [5, 5.41) is 6.53. The van der Waals surface area contributed by atoms with E-state index in [0.29, 0.717) is 32.1 Å². The predicted molar refractivity (Wildman–Crippen MR) is 165 cm³/mol. The molecule has 2 aromatic heterocycles. The molecule has 9 heteroatoms. The molecule has 8 nitrogen and oxygen atoms in total. The van der Waals surface area contributed by atoms with Gasteiger partial charge in [-0.05, 0) is 68.7 Å². The summed E-state index contributed by atoms with van der Waals surface area (Å²) in [5.41, 5.74) is 8.05. The Bertz CT molecular complexity index is 1800. The van der Waals surface area contributed by atoms with Crippen molar-refractivity contribution in [1.29, 1.82) is 0 Å². The second-order valence-electron chi connectivity index (χ2n) is 10.5. The summed E-state index contributed by atoms with van der Waals surface area (Å²) in [6, 6.07) is 16.7. The third kappa shape index (κ3) is 4.74. The molecule has 3 aromatic carbocycles. The minimum Gasteiger partial charge on any atom is -0.466 e. The lowest BCUT2D eigenvalue weighted by molar-refractivity contribution is -0.142. The van der Waals surface area contributed by atoms with Gasteiger partial charge in [-0.2, -0.15) is 5.10 Å². The first-order valence-corrected chi connectivity index (χ1v) is 14.8. The minimum atomic E-state index is -0.235. The zero-order valence-corrected chi connectivity index (χ0v) is 24.8. The number of thiazole rings is 1. The highest BCUT2D eigenvalue weighted by Gasteiger charge is 2.31. The molecule has 210 valence electrons. The van der Waals surface area contributed by atoms with E-state index in [1.54, 1.807) is 16.2 Å². The molecule has 0 saturated carbocycles. The van der Waals surface area contributed by atoms with Crippen LogP contribution in [0.5, 0.6) is 0 Å². The average molecular weight is 568 g/mol. The Labute approximate surface area is 243 Å². The molecule has 6 rings (SSSR count). The summed E-state index contributed by atoms with van der Waals surface area (Å²) >= 11 is 1.62. The van der Waals surface area contributed by atoms with E-state index < -0.39 is 0 Å². The molecule has 0 spiro atoms. The number of hydrogen-bond donors (Lipinski definition) is 0. The maximum absolute atomic E-state index is 13.0. The van der Waals surface area contributed by atoms with E-state index in [4.69, 9.17) is 14.8 Å². The summed E-state index contributed by atoms with van der Waals surface area (Å²) in [7, 11) is 1.91. The number of rotatable bonds is 7. The first-order chi connectivity index (χ1) is 19.8. The average Bonchev–Trinajstić information content (AvgIpc) is 3.64. The summed E-state index contributed by atoms with van der Waals surface area (Å²) in [6.07, 6.45) is 0.204. The lowest BCUT2D eigenvalue weighted by Crippen LogP contribution is -2.31. The molecule has 1 fully saturated rings. The number of aryl methyl sites for hydroxylation is 3. The van der Waals surface area contributed by atoms with Crippen molar-refractivity contribution >= 4 is 50.3 Å². The molecule has 1 aliphatic heterocycles. The molecule has 0 bridgehead atoms. The Kier molecular flexibility index (Phi) is 6.99. The number of urea groups is 1. The Morgan fingerprint density at radius 2 is 1.78 bits per heavy atom. The lowest BCUT2D eigenvalue weighted by Gasteiger charge is -2.15.